The van der Waals surface area contributed by atoms with Gasteiger partial charge in [-0.15, -0.1) is 6.58 Å². The standard InChI is InChI=1S/C18H25NO5/c1-5-13(19(20)11-12-9-7-6-8-10-12)14-15-16(17(21-4)22-14)24-18(2,3)23-15/h5-10,13-17,20H,1,11H2,2-4H3/t13-,14+,15-,16-,17-/m0/s1. The van der Waals surface area contributed by atoms with Gasteiger partial charge < -0.3 is 24.2 Å². The van der Waals surface area contributed by atoms with E-state index in [1.807, 2.05) is 44.2 Å². The van der Waals surface area contributed by atoms with Crippen molar-refractivity contribution in [2.24, 2.45) is 0 Å². The normalized spacial score (nSPS) is 32.7. The van der Waals surface area contributed by atoms with Crippen molar-refractivity contribution in [3.05, 3.63) is 48.6 Å². The molecule has 5 atom stereocenters. The molecule has 6 heteroatoms. The molecule has 0 bridgehead atoms. The maximum atomic E-state index is 10.6. The van der Waals surface area contributed by atoms with Crippen LogP contribution in [0, 0.1) is 0 Å². The number of hydrogen-bond donors (Lipinski definition) is 1. The van der Waals surface area contributed by atoms with Gasteiger partial charge in [0.15, 0.2) is 12.1 Å². The summed E-state index contributed by atoms with van der Waals surface area (Å²) in [5.41, 5.74) is 0.994. The molecule has 3 rings (SSSR count). The topological polar surface area (TPSA) is 60.4 Å². The van der Waals surface area contributed by atoms with Crippen LogP contribution in [0.25, 0.3) is 0 Å². The molecule has 0 spiro atoms. The molecule has 2 heterocycles. The minimum atomic E-state index is -0.709. The number of rotatable bonds is 6. The monoisotopic (exact) mass is 335 g/mol. The average molecular weight is 335 g/mol. The second-order valence-corrected chi connectivity index (χ2v) is 6.58. The van der Waals surface area contributed by atoms with Gasteiger partial charge in [-0.3, -0.25) is 0 Å². The van der Waals surface area contributed by atoms with Crippen LogP contribution in [-0.4, -0.2) is 53.8 Å². The molecular formula is C18H25NO5. The Morgan fingerprint density at radius 3 is 2.58 bits per heavy atom. The Kier molecular flexibility index (Phi) is 5.05. The molecule has 2 saturated heterocycles. The number of nitrogens with zero attached hydrogens (tertiary/aromatic N) is 1. The molecule has 0 unspecified atom stereocenters. The van der Waals surface area contributed by atoms with E-state index in [4.69, 9.17) is 18.9 Å². The zero-order valence-corrected chi connectivity index (χ0v) is 14.3. The van der Waals surface area contributed by atoms with E-state index in [-0.39, 0.29) is 12.2 Å². The fourth-order valence-electron chi connectivity index (χ4n) is 3.36. The van der Waals surface area contributed by atoms with Crippen LogP contribution in [0.3, 0.4) is 0 Å². The summed E-state index contributed by atoms with van der Waals surface area (Å²) in [6.07, 6.45) is 0.0282. The third kappa shape index (κ3) is 3.39. The summed E-state index contributed by atoms with van der Waals surface area (Å²) < 4.78 is 23.2. The largest absolute Gasteiger partial charge is 0.353 e. The molecule has 0 radical (unpaired) electrons. The Morgan fingerprint density at radius 2 is 1.96 bits per heavy atom. The van der Waals surface area contributed by atoms with E-state index in [1.165, 1.54) is 5.06 Å². The predicted octanol–water partition coefficient (Wildman–Crippen LogP) is 2.32. The lowest BCUT2D eigenvalue weighted by atomic mass is 10.0. The lowest BCUT2D eigenvalue weighted by Gasteiger charge is -2.31. The van der Waals surface area contributed by atoms with Crippen LogP contribution in [0.2, 0.25) is 0 Å². The molecule has 0 amide bonds. The molecule has 1 aromatic carbocycles. The molecule has 2 aliphatic heterocycles. The molecular weight excluding hydrogens is 310 g/mol. The highest BCUT2D eigenvalue weighted by Gasteiger charge is 2.57. The highest BCUT2D eigenvalue weighted by molar-refractivity contribution is 5.15. The van der Waals surface area contributed by atoms with E-state index in [2.05, 4.69) is 6.58 Å². The summed E-state index contributed by atoms with van der Waals surface area (Å²) in [6, 6.07) is 9.28. The molecule has 2 fully saturated rings. The van der Waals surface area contributed by atoms with Gasteiger partial charge in [0, 0.05) is 13.7 Å². The van der Waals surface area contributed by atoms with Gasteiger partial charge in [-0.05, 0) is 19.4 Å². The summed E-state index contributed by atoms with van der Waals surface area (Å²) in [4.78, 5) is 0. The van der Waals surface area contributed by atoms with Crippen molar-refractivity contribution >= 4 is 0 Å². The number of fused-ring (bicyclic) bond motifs is 1. The highest BCUT2D eigenvalue weighted by atomic mass is 16.8. The van der Waals surface area contributed by atoms with Crippen molar-refractivity contribution in [2.75, 3.05) is 7.11 Å². The van der Waals surface area contributed by atoms with E-state index in [0.717, 1.165) is 5.56 Å². The molecule has 0 saturated carbocycles. The molecule has 24 heavy (non-hydrogen) atoms. The molecule has 2 aliphatic rings. The zero-order valence-electron chi connectivity index (χ0n) is 14.3. The first-order valence-electron chi connectivity index (χ1n) is 8.11. The maximum absolute atomic E-state index is 10.6. The Balaban J connectivity index is 1.76. The smallest absolute Gasteiger partial charge is 0.186 e. The number of methoxy groups -OCH3 is 1. The van der Waals surface area contributed by atoms with Crippen molar-refractivity contribution in [1.29, 1.82) is 0 Å². The zero-order chi connectivity index (χ0) is 17.3. The lowest BCUT2D eigenvalue weighted by molar-refractivity contribution is -0.244. The van der Waals surface area contributed by atoms with Gasteiger partial charge in [0.05, 0.1) is 6.04 Å². The minimum Gasteiger partial charge on any atom is -0.353 e. The van der Waals surface area contributed by atoms with Crippen LogP contribution in [0.5, 0.6) is 0 Å². The molecule has 0 aliphatic carbocycles. The molecule has 0 aromatic heterocycles. The van der Waals surface area contributed by atoms with E-state index in [1.54, 1.807) is 13.2 Å². The third-order valence-electron chi connectivity index (χ3n) is 4.39. The van der Waals surface area contributed by atoms with Crippen molar-refractivity contribution in [2.45, 2.75) is 56.8 Å². The fourth-order valence-corrected chi connectivity index (χ4v) is 3.36. The van der Waals surface area contributed by atoms with Gasteiger partial charge in [-0.2, -0.15) is 5.06 Å². The van der Waals surface area contributed by atoms with E-state index >= 15 is 0 Å². The van der Waals surface area contributed by atoms with Gasteiger partial charge in [0.1, 0.15) is 18.3 Å². The number of ether oxygens (including phenoxy) is 4. The average Bonchev–Trinajstić information content (AvgIpc) is 3.03. The second-order valence-electron chi connectivity index (χ2n) is 6.58. The number of hydroxylamine groups is 2. The molecule has 6 nitrogen and oxygen atoms in total. The Hall–Kier alpha value is -1.28. The molecule has 1 aromatic rings. The molecule has 1 N–H and O–H groups in total. The quantitative estimate of drug-likeness (QED) is 0.636. The fraction of sp³-hybridized carbons (Fsp3) is 0.556. The van der Waals surface area contributed by atoms with Crippen molar-refractivity contribution in [3.8, 4) is 0 Å². The summed E-state index contributed by atoms with van der Waals surface area (Å²) in [5.74, 6) is -0.709. The summed E-state index contributed by atoms with van der Waals surface area (Å²) in [7, 11) is 1.57. The van der Waals surface area contributed by atoms with Crippen molar-refractivity contribution < 1.29 is 24.2 Å². The number of benzene rings is 1. The van der Waals surface area contributed by atoms with Gasteiger partial charge in [0.25, 0.3) is 0 Å². The lowest BCUT2D eigenvalue weighted by Crippen LogP contribution is -2.46. The van der Waals surface area contributed by atoms with E-state index in [0.29, 0.717) is 6.54 Å². The first-order valence-corrected chi connectivity index (χ1v) is 8.11. The Morgan fingerprint density at radius 1 is 1.29 bits per heavy atom. The van der Waals surface area contributed by atoms with Crippen LogP contribution in [-0.2, 0) is 25.5 Å². The first-order chi connectivity index (χ1) is 11.4. The number of hydrogen-bond acceptors (Lipinski definition) is 6. The Bertz CT molecular complexity index is 564. The van der Waals surface area contributed by atoms with Gasteiger partial charge in [0.2, 0.25) is 0 Å². The van der Waals surface area contributed by atoms with Crippen LogP contribution in [0.1, 0.15) is 19.4 Å². The van der Waals surface area contributed by atoms with Crippen LogP contribution < -0.4 is 0 Å². The van der Waals surface area contributed by atoms with E-state index < -0.39 is 24.2 Å². The second kappa shape index (κ2) is 6.92. The first kappa shape index (κ1) is 17.5. The van der Waals surface area contributed by atoms with Gasteiger partial charge in [-0.1, -0.05) is 36.4 Å². The summed E-state index contributed by atoms with van der Waals surface area (Å²) >= 11 is 0. The van der Waals surface area contributed by atoms with E-state index in [9.17, 15) is 5.21 Å². The summed E-state index contributed by atoms with van der Waals surface area (Å²) in [6.45, 7) is 7.93. The van der Waals surface area contributed by atoms with Gasteiger partial charge >= 0.3 is 0 Å². The predicted molar refractivity (Wildman–Crippen MR) is 87.3 cm³/mol. The SMILES string of the molecule is C=C[C@@H]([C@H]1O[C@H](OC)[C@H]2OC(C)(C)O[C@H]21)N(O)Cc1ccccc1. The molecule has 132 valence electrons. The highest BCUT2D eigenvalue weighted by Crippen LogP contribution is 2.40. The van der Waals surface area contributed by atoms with Crippen molar-refractivity contribution in [3.63, 3.8) is 0 Å². The maximum Gasteiger partial charge on any atom is 0.186 e. The van der Waals surface area contributed by atoms with Crippen LogP contribution in [0.15, 0.2) is 43.0 Å². The van der Waals surface area contributed by atoms with Crippen LogP contribution in [0.4, 0.5) is 0 Å². The minimum absolute atomic E-state index is 0.331. The summed E-state index contributed by atoms with van der Waals surface area (Å²) in [5, 5.41) is 11.8. The third-order valence-corrected chi connectivity index (χ3v) is 4.39. The Labute approximate surface area is 142 Å². The van der Waals surface area contributed by atoms with Crippen LogP contribution >= 0.6 is 0 Å². The van der Waals surface area contributed by atoms with Gasteiger partial charge in [-0.25, -0.2) is 0 Å². The van der Waals surface area contributed by atoms with Crippen molar-refractivity contribution in [1.82, 2.24) is 5.06 Å².